The zero-order chi connectivity index (χ0) is 23.8. The van der Waals surface area contributed by atoms with Gasteiger partial charge in [0.25, 0.3) is 0 Å². The normalized spacial score (nSPS) is 11.6. The monoisotopic (exact) mass is 492 g/mol. The molecule has 3 aromatic carbocycles. The van der Waals surface area contributed by atoms with Crippen LogP contribution in [0, 0.1) is 5.82 Å². The third-order valence-electron chi connectivity index (χ3n) is 4.79. The van der Waals surface area contributed by atoms with Crippen LogP contribution in [0.1, 0.15) is 5.56 Å². The predicted octanol–water partition coefficient (Wildman–Crippen LogP) is 4.80. The fourth-order valence-corrected chi connectivity index (χ4v) is 4.62. The molecule has 0 saturated carbocycles. The molecule has 1 unspecified atom stereocenters. The minimum Gasteiger partial charge on any atom is -0.343 e. The van der Waals surface area contributed by atoms with E-state index < -0.39 is 6.04 Å². The van der Waals surface area contributed by atoms with Crippen molar-refractivity contribution in [1.29, 1.82) is 0 Å². The molecule has 34 heavy (non-hydrogen) atoms. The molecule has 1 aromatic heterocycles. The molecule has 0 aliphatic carbocycles. The SMILES string of the molecule is O=C(CSc1ccccc1)NC(Cc1ccccc1)C(=O)Nc1nnc(-c2ccc(F)cc2)s1. The van der Waals surface area contributed by atoms with Crippen LogP contribution in [0.2, 0.25) is 0 Å². The van der Waals surface area contributed by atoms with Crippen LogP contribution in [0.25, 0.3) is 10.6 Å². The zero-order valence-electron chi connectivity index (χ0n) is 18.0. The molecule has 1 atom stereocenters. The van der Waals surface area contributed by atoms with E-state index >= 15 is 0 Å². The van der Waals surface area contributed by atoms with Gasteiger partial charge in [0.1, 0.15) is 16.9 Å². The maximum atomic E-state index is 13.2. The van der Waals surface area contributed by atoms with Gasteiger partial charge in [-0.3, -0.25) is 14.9 Å². The zero-order valence-corrected chi connectivity index (χ0v) is 19.6. The Bertz CT molecular complexity index is 1230. The highest BCUT2D eigenvalue weighted by Crippen LogP contribution is 2.26. The van der Waals surface area contributed by atoms with Crippen LogP contribution in [0.4, 0.5) is 9.52 Å². The van der Waals surface area contributed by atoms with Gasteiger partial charge in [0, 0.05) is 16.9 Å². The average Bonchev–Trinajstić information content (AvgIpc) is 3.32. The summed E-state index contributed by atoms with van der Waals surface area (Å²) in [6.45, 7) is 0. The molecule has 2 N–H and O–H groups in total. The minimum atomic E-state index is -0.788. The van der Waals surface area contributed by atoms with Crippen molar-refractivity contribution in [3.8, 4) is 10.6 Å². The van der Waals surface area contributed by atoms with Gasteiger partial charge in [0.2, 0.25) is 16.9 Å². The third-order valence-corrected chi connectivity index (χ3v) is 6.69. The van der Waals surface area contributed by atoms with E-state index in [0.717, 1.165) is 10.5 Å². The molecule has 4 aromatic rings. The second-order valence-electron chi connectivity index (χ2n) is 7.32. The van der Waals surface area contributed by atoms with Crippen LogP contribution in [0.3, 0.4) is 0 Å². The highest BCUT2D eigenvalue weighted by molar-refractivity contribution is 8.00. The number of hydrogen-bond acceptors (Lipinski definition) is 6. The van der Waals surface area contributed by atoms with E-state index in [0.29, 0.717) is 22.1 Å². The van der Waals surface area contributed by atoms with E-state index in [-0.39, 0.29) is 23.4 Å². The van der Waals surface area contributed by atoms with E-state index in [2.05, 4.69) is 20.8 Å². The number of aromatic nitrogens is 2. The molecule has 1 heterocycles. The van der Waals surface area contributed by atoms with Crippen molar-refractivity contribution in [3.05, 3.63) is 96.3 Å². The molecule has 172 valence electrons. The molecule has 0 bridgehead atoms. The first-order valence-electron chi connectivity index (χ1n) is 10.5. The van der Waals surface area contributed by atoms with Gasteiger partial charge in [-0.25, -0.2) is 4.39 Å². The second kappa shape index (κ2) is 11.5. The number of nitrogens with one attached hydrogen (secondary N) is 2. The molecule has 0 aliphatic heterocycles. The average molecular weight is 493 g/mol. The highest BCUT2D eigenvalue weighted by Gasteiger charge is 2.23. The number of thioether (sulfide) groups is 1. The van der Waals surface area contributed by atoms with Gasteiger partial charge in [0.15, 0.2) is 0 Å². The van der Waals surface area contributed by atoms with Crippen molar-refractivity contribution in [1.82, 2.24) is 15.5 Å². The molecule has 0 radical (unpaired) electrons. The van der Waals surface area contributed by atoms with Crippen LogP contribution in [-0.4, -0.2) is 33.8 Å². The molecule has 9 heteroatoms. The number of halogens is 1. The van der Waals surface area contributed by atoms with Gasteiger partial charge >= 0.3 is 0 Å². The van der Waals surface area contributed by atoms with E-state index in [1.54, 1.807) is 12.1 Å². The van der Waals surface area contributed by atoms with Crippen LogP contribution in [0.5, 0.6) is 0 Å². The van der Waals surface area contributed by atoms with Crippen molar-refractivity contribution >= 4 is 40.0 Å². The van der Waals surface area contributed by atoms with Crippen molar-refractivity contribution in [2.75, 3.05) is 11.1 Å². The van der Waals surface area contributed by atoms with Gasteiger partial charge < -0.3 is 5.32 Å². The fraction of sp³-hybridized carbons (Fsp3) is 0.120. The molecule has 0 saturated heterocycles. The molecule has 4 rings (SSSR count). The molecule has 2 amide bonds. The smallest absolute Gasteiger partial charge is 0.249 e. The van der Waals surface area contributed by atoms with Gasteiger partial charge in [-0.2, -0.15) is 0 Å². The van der Waals surface area contributed by atoms with Crippen LogP contribution < -0.4 is 10.6 Å². The number of hydrogen-bond donors (Lipinski definition) is 2. The van der Waals surface area contributed by atoms with Crippen molar-refractivity contribution in [3.63, 3.8) is 0 Å². The number of anilines is 1. The quantitative estimate of drug-likeness (QED) is 0.328. The summed E-state index contributed by atoms with van der Waals surface area (Å²) >= 11 is 2.58. The highest BCUT2D eigenvalue weighted by atomic mass is 32.2. The molecular weight excluding hydrogens is 471 g/mol. The van der Waals surface area contributed by atoms with Crippen LogP contribution in [-0.2, 0) is 16.0 Å². The Morgan fingerprint density at radius 3 is 2.29 bits per heavy atom. The Kier molecular flexibility index (Phi) is 8.00. The van der Waals surface area contributed by atoms with Crippen molar-refractivity contribution in [2.45, 2.75) is 17.4 Å². The maximum Gasteiger partial charge on any atom is 0.249 e. The summed E-state index contributed by atoms with van der Waals surface area (Å²) in [7, 11) is 0. The first kappa shape index (κ1) is 23.6. The fourth-order valence-electron chi connectivity index (χ4n) is 3.14. The van der Waals surface area contributed by atoms with E-state index in [1.165, 1.54) is 35.2 Å². The van der Waals surface area contributed by atoms with Gasteiger partial charge in [-0.15, -0.1) is 22.0 Å². The number of benzene rings is 3. The molecule has 0 aliphatic rings. The second-order valence-corrected chi connectivity index (χ2v) is 9.35. The topological polar surface area (TPSA) is 84.0 Å². The maximum absolute atomic E-state index is 13.2. The minimum absolute atomic E-state index is 0.191. The van der Waals surface area contributed by atoms with Gasteiger partial charge in [-0.1, -0.05) is 59.9 Å². The summed E-state index contributed by atoms with van der Waals surface area (Å²) in [5, 5.41) is 14.6. The number of nitrogens with zero attached hydrogens (tertiary/aromatic N) is 2. The third kappa shape index (κ3) is 6.72. The molecule has 0 spiro atoms. The first-order valence-corrected chi connectivity index (χ1v) is 12.3. The number of carbonyl (C=O) groups excluding carboxylic acids is 2. The first-order chi connectivity index (χ1) is 16.6. The Hall–Kier alpha value is -3.56. The van der Waals surface area contributed by atoms with Crippen LogP contribution >= 0.6 is 23.1 Å². The van der Waals surface area contributed by atoms with Gasteiger partial charge in [0.05, 0.1) is 5.75 Å². The number of amides is 2. The number of carbonyl (C=O) groups is 2. The Morgan fingerprint density at radius 1 is 0.912 bits per heavy atom. The predicted molar refractivity (Wildman–Crippen MR) is 133 cm³/mol. The van der Waals surface area contributed by atoms with Crippen LogP contribution in [0.15, 0.2) is 89.8 Å². The summed E-state index contributed by atoms with van der Waals surface area (Å²) in [5.74, 6) is -0.777. The summed E-state index contributed by atoms with van der Waals surface area (Å²) in [5.41, 5.74) is 1.62. The Morgan fingerprint density at radius 2 is 1.59 bits per heavy atom. The van der Waals surface area contributed by atoms with E-state index in [4.69, 9.17) is 0 Å². The van der Waals surface area contributed by atoms with Crippen molar-refractivity contribution in [2.24, 2.45) is 0 Å². The van der Waals surface area contributed by atoms with E-state index in [9.17, 15) is 14.0 Å². The Labute approximate surface area is 204 Å². The molecule has 0 fully saturated rings. The largest absolute Gasteiger partial charge is 0.343 e. The summed E-state index contributed by atoms with van der Waals surface area (Å²) < 4.78 is 13.2. The summed E-state index contributed by atoms with van der Waals surface area (Å²) in [4.78, 5) is 26.7. The lowest BCUT2D eigenvalue weighted by Gasteiger charge is -2.18. The summed E-state index contributed by atoms with van der Waals surface area (Å²) in [6, 6.07) is 24.2. The lowest BCUT2D eigenvalue weighted by atomic mass is 10.1. The van der Waals surface area contributed by atoms with Gasteiger partial charge in [-0.05, 0) is 42.0 Å². The molecule has 6 nitrogen and oxygen atoms in total. The standard InChI is InChI=1S/C25H21FN4O2S2/c26-19-13-11-18(12-14-19)24-29-30-25(34-24)28-23(32)21(15-17-7-3-1-4-8-17)27-22(31)16-33-20-9-5-2-6-10-20/h1-14,21H,15-16H2,(H,27,31)(H,28,30,32). The number of rotatable bonds is 9. The lowest BCUT2D eigenvalue weighted by molar-refractivity contribution is -0.124. The van der Waals surface area contributed by atoms with Crippen molar-refractivity contribution < 1.29 is 14.0 Å². The molecular formula is C25H21FN4O2S2. The Balaban J connectivity index is 1.43. The lowest BCUT2D eigenvalue weighted by Crippen LogP contribution is -2.46. The summed E-state index contributed by atoms with van der Waals surface area (Å²) in [6.07, 6.45) is 0.331. The van der Waals surface area contributed by atoms with E-state index in [1.807, 2.05) is 60.7 Å².